The van der Waals surface area contributed by atoms with Crippen molar-refractivity contribution in [3.05, 3.63) is 83.4 Å². The summed E-state index contributed by atoms with van der Waals surface area (Å²) in [5, 5.41) is 0. The van der Waals surface area contributed by atoms with Gasteiger partial charge in [0.2, 0.25) is 5.83 Å². The Morgan fingerprint density at radius 1 is 0.630 bits per heavy atom. The number of halogens is 6. The molecule has 2 aromatic rings. The van der Waals surface area contributed by atoms with Crippen LogP contribution in [-0.4, -0.2) is 21.6 Å². The zero-order chi connectivity index (χ0) is 20.0. The summed E-state index contributed by atoms with van der Waals surface area (Å²) in [5.41, 5.74) is -3.87. The van der Waals surface area contributed by atoms with Crippen molar-refractivity contribution in [2.24, 2.45) is 5.41 Å². The summed E-state index contributed by atoms with van der Waals surface area (Å²) in [6.45, 7) is 0. The highest BCUT2D eigenvalue weighted by Crippen LogP contribution is 2.64. The zero-order valence-corrected chi connectivity index (χ0v) is 15.0. The van der Waals surface area contributed by atoms with Gasteiger partial charge in [0.05, 0.1) is 0 Å². The van der Waals surface area contributed by atoms with Crippen molar-refractivity contribution >= 4 is 34.2 Å². The van der Waals surface area contributed by atoms with Crippen LogP contribution in [0, 0.1) is 5.41 Å². The minimum Gasteiger partial charge on any atom is -0.207 e. The first-order valence-corrected chi connectivity index (χ1v) is 8.43. The Balaban J connectivity index is 2.36. The second kappa shape index (κ2) is 6.53. The molecule has 0 saturated carbocycles. The van der Waals surface area contributed by atoms with E-state index >= 15 is 0 Å². The minimum atomic E-state index is -5.39. The van der Waals surface area contributed by atoms with Crippen molar-refractivity contribution in [2.45, 2.75) is 11.8 Å². The quantitative estimate of drug-likeness (QED) is 0.329. The molecular weight excluding hydrogens is 406 g/mol. The molecule has 0 nitrogen and oxygen atoms in total. The van der Waals surface area contributed by atoms with Crippen molar-refractivity contribution in [3.63, 3.8) is 0 Å². The van der Waals surface area contributed by atoms with Crippen molar-refractivity contribution < 1.29 is 26.3 Å². The zero-order valence-electron chi connectivity index (χ0n) is 13.4. The van der Waals surface area contributed by atoms with Crippen LogP contribution in [0.2, 0.25) is 0 Å². The number of hydrogen-bond donors (Lipinski definition) is 0. The summed E-state index contributed by atoms with van der Waals surface area (Å²) in [4.78, 5) is -1.82. The Labute approximate surface area is 161 Å². The van der Waals surface area contributed by atoms with Crippen LogP contribution < -0.4 is 0 Å². The summed E-state index contributed by atoms with van der Waals surface area (Å²) >= 11 is 10.0. The largest absolute Gasteiger partial charge is 0.365 e. The van der Waals surface area contributed by atoms with Gasteiger partial charge in [0.25, 0.3) is 0 Å². The number of rotatable bonds is 4. The van der Waals surface area contributed by atoms with E-state index in [1.807, 2.05) is 0 Å². The van der Waals surface area contributed by atoms with Gasteiger partial charge in [0.15, 0.2) is 11.2 Å². The van der Waals surface area contributed by atoms with E-state index < -0.39 is 38.6 Å². The van der Waals surface area contributed by atoms with Crippen molar-refractivity contribution in [1.82, 2.24) is 0 Å². The smallest absolute Gasteiger partial charge is 0.207 e. The van der Waals surface area contributed by atoms with Crippen molar-refractivity contribution in [3.8, 4) is 0 Å². The predicted octanol–water partition coefficient (Wildman–Crippen LogP) is 6.24. The van der Waals surface area contributed by atoms with Gasteiger partial charge in [-0.25, -0.2) is 8.78 Å². The molecule has 0 aliphatic heterocycles. The van der Waals surface area contributed by atoms with Gasteiger partial charge in [-0.1, -0.05) is 85.1 Å². The van der Waals surface area contributed by atoms with E-state index in [4.69, 9.17) is 24.4 Å². The third-order valence-corrected chi connectivity index (χ3v) is 5.50. The van der Waals surface area contributed by atoms with Gasteiger partial charge >= 0.3 is 11.8 Å². The number of thiocarbonyl (C=S) groups is 2. The van der Waals surface area contributed by atoms with Gasteiger partial charge in [-0.15, -0.1) is 0 Å². The molecule has 1 aliphatic rings. The summed E-state index contributed by atoms with van der Waals surface area (Å²) in [7, 11) is 0. The van der Waals surface area contributed by atoms with Crippen LogP contribution in [0.5, 0.6) is 0 Å². The third-order valence-electron chi connectivity index (χ3n) is 4.42. The molecule has 0 radical (unpaired) electrons. The molecule has 0 unspecified atom stereocenters. The van der Waals surface area contributed by atoms with Gasteiger partial charge < -0.3 is 0 Å². The number of allylic oxidation sites excluding steroid dienone is 2. The Kier molecular flexibility index (Phi) is 4.76. The van der Waals surface area contributed by atoms with Crippen LogP contribution >= 0.6 is 24.4 Å². The van der Waals surface area contributed by atoms with E-state index in [0.29, 0.717) is 0 Å². The molecule has 8 heteroatoms. The standard InChI is InChI=1S/C19H10F6S2/c20-13-14(21)18(22,23)19(24,25)17(13,15(26)11-7-3-1-4-8-11)16(27)12-9-5-2-6-10-12/h1-10H. The Bertz CT molecular complexity index is 884. The fourth-order valence-electron chi connectivity index (χ4n) is 3.01. The molecule has 0 fully saturated rings. The minimum absolute atomic E-state index is 0.133. The van der Waals surface area contributed by atoms with Crippen LogP contribution in [-0.2, 0) is 0 Å². The van der Waals surface area contributed by atoms with Crippen molar-refractivity contribution in [2.75, 3.05) is 0 Å². The SMILES string of the molecule is FC1=C(F)C(C(=S)c2ccccc2)(C(=S)c2ccccc2)C(F)(F)C1(F)F. The lowest BCUT2D eigenvalue weighted by Crippen LogP contribution is -2.57. The second-order valence-corrected chi connectivity index (χ2v) is 6.73. The normalized spacial score (nSPS) is 19.8. The van der Waals surface area contributed by atoms with E-state index in [1.165, 1.54) is 60.7 Å². The van der Waals surface area contributed by atoms with Gasteiger partial charge in [0.1, 0.15) is 0 Å². The molecule has 0 bridgehead atoms. The molecule has 0 aromatic heterocycles. The lowest BCUT2D eigenvalue weighted by atomic mass is 9.72. The average Bonchev–Trinajstić information content (AvgIpc) is 2.78. The fourth-order valence-corrected chi connectivity index (χ4v) is 3.99. The molecule has 140 valence electrons. The van der Waals surface area contributed by atoms with Crippen LogP contribution in [0.25, 0.3) is 0 Å². The van der Waals surface area contributed by atoms with Crippen LogP contribution in [0.4, 0.5) is 26.3 Å². The van der Waals surface area contributed by atoms with Crippen molar-refractivity contribution in [1.29, 1.82) is 0 Å². The van der Waals surface area contributed by atoms with E-state index in [0.717, 1.165) is 0 Å². The lowest BCUT2D eigenvalue weighted by Gasteiger charge is -2.37. The number of alkyl halides is 4. The van der Waals surface area contributed by atoms with Gasteiger partial charge in [-0.3, -0.25) is 0 Å². The third kappa shape index (κ3) is 2.50. The van der Waals surface area contributed by atoms with Crippen LogP contribution in [0.1, 0.15) is 11.1 Å². The molecule has 0 amide bonds. The first-order chi connectivity index (χ1) is 12.6. The first-order valence-electron chi connectivity index (χ1n) is 7.61. The Hall–Kier alpha value is -2.06. The van der Waals surface area contributed by atoms with Crippen LogP contribution in [0.15, 0.2) is 72.3 Å². The highest BCUT2D eigenvalue weighted by Gasteiger charge is 2.82. The summed E-state index contributed by atoms with van der Waals surface area (Å²) in [5.74, 6) is -15.9. The topological polar surface area (TPSA) is 0 Å². The van der Waals surface area contributed by atoms with Gasteiger partial charge in [0, 0.05) is 9.73 Å². The maximum atomic E-state index is 15.0. The molecular formula is C19H10F6S2. The Morgan fingerprint density at radius 3 is 1.30 bits per heavy atom. The summed E-state index contributed by atoms with van der Waals surface area (Å²) < 4.78 is 86.9. The summed E-state index contributed by atoms with van der Waals surface area (Å²) in [6.07, 6.45) is 0. The molecule has 0 N–H and O–H groups in total. The van der Waals surface area contributed by atoms with E-state index in [9.17, 15) is 26.3 Å². The summed E-state index contributed by atoms with van der Waals surface area (Å²) in [6, 6.07) is 13.7. The number of benzene rings is 2. The molecule has 0 spiro atoms. The molecule has 0 saturated heterocycles. The molecule has 0 atom stereocenters. The van der Waals surface area contributed by atoms with E-state index in [2.05, 4.69) is 0 Å². The van der Waals surface area contributed by atoms with Crippen LogP contribution in [0.3, 0.4) is 0 Å². The molecule has 0 heterocycles. The molecule has 2 aromatic carbocycles. The molecule has 1 aliphatic carbocycles. The predicted molar refractivity (Wildman–Crippen MR) is 97.9 cm³/mol. The average molecular weight is 416 g/mol. The first kappa shape index (κ1) is 19.7. The highest BCUT2D eigenvalue weighted by atomic mass is 32.1. The van der Waals surface area contributed by atoms with Gasteiger partial charge in [-0.2, -0.15) is 17.6 Å². The Morgan fingerprint density at radius 2 is 1.00 bits per heavy atom. The number of hydrogen-bond acceptors (Lipinski definition) is 2. The highest BCUT2D eigenvalue weighted by molar-refractivity contribution is 7.83. The second-order valence-electron chi connectivity index (χ2n) is 5.92. The maximum Gasteiger partial charge on any atom is 0.365 e. The lowest BCUT2D eigenvalue weighted by molar-refractivity contribution is -0.202. The van der Waals surface area contributed by atoms with Gasteiger partial charge in [-0.05, 0) is 11.1 Å². The molecule has 3 rings (SSSR count). The monoisotopic (exact) mass is 416 g/mol. The van der Waals surface area contributed by atoms with E-state index in [-0.39, 0.29) is 11.1 Å². The molecule has 27 heavy (non-hydrogen) atoms. The fraction of sp³-hybridized carbons (Fsp3) is 0.158. The van der Waals surface area contributed by atoms with E-state index in [1.54, 1.807) is 0 Å². The maximum absolute atomic E-state index is 15.0.